The Hall–Kier alpha value is -2.91. The third-order valence-corrected chi connectivity index (χ3v) is 6.79. The van der Waals surface area contributed by atoms with Crippen LogP contribution in [0.1, 0.15) is 24.0 Å². The van der Waals surface area contributed by atoms with Crippen LogP contribution < -0.4 is 4.72 Å². The van der Waals surface area contributed by atoms with Gasteiger partial charge in [0.1, 0.15) is 12.6 Å². The summed E-state index contributed by atoms with van der Waals surface area (Å²) in [4.78, 5) is 26.2. The fraction of sp³-hybridized carbons (Fsp3) is 0.391. The maximum absolute atomic E-state index is 12.9. The smallest absolute Gasteiger partial charge is 0.410 e. The Kier molecular flexibility index (Phi) is 8.24. The number of esters is 1. The normalized spacial score (nSPS) is 17.0. The number of nitrogens with zero attached hydrogens (tertiary/aromatic N) is 1. The summed E-state index contributed by atoms with van der Waals surface area (Å²) in [6, 6.07) is 16.8. The molecule has 0 radical (unpaired) electrons. The van der Waals surface area contributed by atoms with E-state index in [-0.39, 0.29) is 18.8 Å². The second-order valence-corrected chi connectivity index (χ2v) is 9.49. The van der Waals surface area contributed by atoms with Crippen molar-refractivity contribution in [2.75, 3.05) is 19.4 Å². The molecule has 1 fully saturated rings. The standard InChI is InChI=1S/C23H28N2O6S/c1-30-22(26)21(15-18-9-4-2-5-10-18)24-32(28,29)17-20-13-8-14-25(20)23(27)31-16-19-11-6-3-7-12-19/h2-7,9-12,20-21,24H,8,13-17H2,1H3/t20-,21+/m1/s1. The largest absolute Gasteiger partial charge is 0.468 e. The molecule has 0 unspecified atom stereocenters. The first kappa shape index (κ1) is 23.7. The van der Waals surface area contributed by atoms with E-state index in [1.54, 1.807) is 0 Å². The Bertz CT molecular complexity index is 998. The van der Waals surface area contributed by atoms with E-state index in [0.29, 0.717) is 19.4 Å². The number of benzene rings is 2. The topological polar surface area (TPSA) is 102 Å². The van der Waals surface area contributed by atoms with Crippen LogP contribution in [0.4, 0.5) is 4.79 Å². The molecule has 2 atom stereocenters. The van der Waals surface area contributed by atoms with E-state index in [0.717, 1.165) is 11.1 Å². The van der Waals surface area contributed by atoms with Crippen LogP contribution in [-0.4, -0.2) is 56.9 Å². The molecule has 0 saturated carbocycles. The summed E-state index contributed by atoms with van der Waals surface area (Å²) in [5.74, 6) is -0.974. The van der Waals surface area contributed by atoms with Gasteiger partial charge in [-0.05, 0) is 30.4 Å². The number of hydrogen-bond acceptors (Lipinski definition) is 6. The Labute approximate surface area is 188 Å². The molecule has 2 aromatic carbocycles. The molecule has 2 aromatic rings. The van der Waals surface area contributed by atoms with Crippen LogP contribution in [0.5, 0.6) is 0 Å². The monoisotopic (exact) mass is 460 g/mol. The predicted molar refractivity (Wildman–Crippen MR) is 119 cm³/mol. The highest BCUT2D eigenvalue weighted by Crippen LogP contribution is 2.20. The average molecular weight is 461 g/mol. The third kappa shape index (κ3) is 6.80. The molecule has 1 aliphatic rings. The molecular weight excluding hydrogens is 432 g/mol. The van der Waals surface area contributed by atoms with E-state index >= 15 is 0 Å². The van der Waals surface area contributed by atoms with Crippen LogP contribution in [0, 0.1) is 0 Å². The number of likely N-dealkylation sites (tertiary alicyclic amines) is 1. The Morgan fingerprint density at radius 2 is 1.69 bits per heavy atom. The van der Waals surface area contributed by atoms with Crippen molar-refractivity contribution in [1.29, 1.82) is 0 Å². The highest BCUT2D eigenvalue weighted by molar-refractivity contribution is 7.89. The van der Waals surface area contributed by atoms with E-state index in [1.165, 1.54) is 12.0 Å². The van der Waals surface area contributed by atoms with Gasteiger partial charge in [-0.3, -0.25) is 4.79 Å². The molecule has 8 nitrogen and oxygen atoms in total. The van der Waals surface area contributed by atoms with Crippen molar-refractivity contribution < 1.29 is 27.5 Å². The molecule has 1 N–H and O–H groups in total. The maximum Gasteiger partial charge on any atom is 0.410 e. The van der Waals surface area contributed by atoms with Crippen molar-refractivity contribution in [2.24, 2.45) is 0 Å². The summed E-state index contributed by atoms with van der Waals surface area (Å²) in [6.45, 7) is 0.549. The Morgan fingerprint density at radius 1 is 1.06 bits per heavy atom. The minimum Gasteiger partial charge on any atom is -0.468 e. The lowest BCUT2D eigenvalue weighted by atomic mass is 10.1. The van der Waals surface area contributed by atoms with E-state index in [9.17, 15) is 18.0 Å². The number of rotatable bonds is 9. The van der Waals surface area contributed by atoms with Crippen molar-refractivity contribution in [3.8, 4) is 0 Å². The van der Waals surface area contributed by atoms with Crippen LogP contribution in [0.15, 0.2) is 60.7 Å². The van der Waals surface area contributed by atoms with Gasteiger partial charge in [-0.2, -0.15) is 0 Å². The van der Waals surface area contributed by atoms with Crippen LogP contribution >= 0.6 is 0 Å². The fourth-order valence-electron chi connectivity index (χ4n) is 3.73. The molecule has 3 rings (SSSR count). The van der Waals surface area contributed by atoms with Gasteiger partial charge in [0, 0.05) is 6.54 Å². The van der Waals surface area contributed by atoms with Crippen molar-refractivity contribution in [3.63, 3.8) is 0 Å². The number of carbonyl (C=O) groups excluding carboxylic acids is 2. The second kappa shape index (κ2) is 11.1. The van der Waals surface area contributed by atoms with Crippen LogP contribution in [0.3, 0.4) is 0 Å². The van der Waals surface area contributed by atoms with Gasteiger partial charge in [0.2, 0.25) is 10.0 Å². The van der Waals surface area contributed by atoms with Crippen molar-refractivity contribution in [2.45, 2.75) is 38.0 Å². The van der Waals surface area contributed by atoms with Gasteiger partial charge in [0.05, 0.1) is 18.9 Å². The van der Waals surface area contributed by atoms with Gasteiger partial charge < -0.3 is 14.4 Å². The van der Waals surface area contributed by atoms with Crippen LogP contribution in [0.25, 0.3) is 0 Å². The fourth-order valence-corrected chi connectivity index (χ4v) is 5.30. The number of amides is 1. The highest BCUT2D eigenvalue weighted by atomic mass is 32.2. The molecule has 1 saturated heterocycles. The summed E-state index contributed by atoms with van der Waals surface area (Å²) in [7, 11) is -2.65. The molecular formula is C23H28N2O6S. The number of ether oxygens (including phenoxy) is 2. The van der Waals surface area contributed by atoms with Gasteiger partial charge in [0.25, 0.3) is 0 Å². The third-order valence-electron chi connectivity index (χ3n) is 5.32. The number of nitrogens with one attached hydrogen (secondary N) is 1. The maximum atomic E-state index is 12.9. The molecule has 32 heavy (non-hydrogen) atoms. The van der Waals surface area contributed by atoms with Crippen molar-refractivity contribution >= 4 is 22.1 Å². The van der Waals surface area contributed by atoms with Crippen LogP contribution in [0.2, 0.25) is 0 Å². The SMILES string of the molecule is COC(=O)[C@H](Cc1ccccc1)NS(=O)(=O)C[C@H]1CCCN1C(=O)OCc1ccccc1. The molecule has 9 heteroatoms. The van der Waals surface area contributed by atoms with Gasteiger partial charge in [-0.1, -0.05) is 60.7 Å². The number of sulfonamides is 1. The van der Waals surface area contributed by atoms with Crippen molar-refractivity contribution in [1.82, 2.24) is 9.62 Å². The molecule has 172 valence electrons. The number of carbonyl (C=O) groups is 2. The van der Waals surface area contributed by atoms with E-state index in [4.69, 9.17) is 9.47 Å². The summed E-state index contributed by atoms with van der Waals surface area (Å²) in [5.41, 5.74) is 1.66. The summed E-state index contributed by atoms with van der Waals surface area (Å²) < 4.78 is 38.3. The lowest BCUT2D eigenvalue weighted by Crippen LogP contribution is -2.48. The average Bonchev–Trinajstić information content (AvgIpc) is 3.25. The van der Waals surface area contributed by atoms with Gasteiger partial charge in [-0.15, -0.1) is 0 Å². The quantitative estimate of drug-likeness (QED) is 0.577. The highest BCUT2D eigenvalue weighted by Gasteiger charge is 2.35. The molecule has 0 spiro atoms. The minimum atomic E-state index is -3.87. The molecule has 0 bridgehead atoms. The Balaban J connectivity index is 1.61. The molecule has 0 aliphatic carbocycles. The minimum absolute atomic E-state index is 0.120. The van der Waals surface area contributed by atoms with E-state index in [1.807, 2.05) is 60.7 Å². The molecule has 1 amide bonds. The first-order valence-corrected chi connectivity index (χ1v) is 12.1. The summed E-state index contributed by atoms with van der Waals surface area (Å²) >= 11 is 0. The second-order valence-electron chi connectivity index (χ2n) is 7.69. The molecule has 1 heterocycles. The lowest BCUT2D eigenvalue weighted by Gasteiger charge is -2.25. The first-order chi connectivity index (χ1) is 15.4. The van der Waals surface area contributed by atoms with Crippen molar-refractivity contribution in [3.05, 3.63) is 71.8 Å². The van der Waals surface area contributed by atoms with Gasteiger partial charge in [0.15, 0.2) is 0 Å². The Morgan fingerprint density at radius 3 is 2.31 bits per heavy atom. The molecule has 0 aromatic heterocycles. The zero-order valence-electron chi connectivity index (χ0n) is 18.0. The molecule has 1 aliphatic heterocycles. The van der Waals surface area contributed by atoms with Gasteiger partial charge >= 0.3 is 12.1 Å². The number of methoxy groups -OCH3 is 1. The van der Waals surface area contributed by atoms with E-state index < -0.39 is 34.2 Å². The zero-order valence-corrected chi connectivity index (χ0v) is 18.8. The van der Waals surface area contributed by atoms with Gasteiger partial charge in [-0.25, -0.2) is 17.9 Å². The summed E-state index contributed by atoms with van der Waals surface area (Å²) in [5, 5.41) is 0. The summed E-state index contributed by atoms with van der Waals surface area (Å²) in [6.07, 6.45) is 0.856. The zero-order chi connectivity index (χ0) is 23.0. The number of hydrogen-bond donors (Lipinski definition) is 1. The lowest BCUT2D eigenvalue weighted by molar-refractivity contribution is -0.142. The predicted octanol–water partition coefficient (Wildman–Crippen LogP) is 2.49. The van der Waals surface area contributed by atoms with E-state index in [2.05, 4.69) is 4.72 Å². The van der Waals surface area contributed by atoms with Crippen LogP contribution in [-0.2, 0) is 37.3 Å². The first-order valence-electron chi connectivity index (χ1n) is 10.5.